The lowest BCUT2D eigenvalue weighted by molar-refractivity contribution is -0.121. The van der Waals surface area contributed by atoms with Gasteiger partial charge >= 0.3 is 0 Å². The van der Waals surface area contributed by atoms with Gasteiger partial charge in [-0.3, -0.25) is 4.79 Å². The Balaban J connectivity index is 1.74. The van der Waals surface area contributed by atoms with Crippen LogP contribution in [-0.4, -0.2) is 22.6 Å². The summed E-state index contributed by atoms with van der Waals surface area (Å²) < 4.78 is 5.57. The molecular formula is C17H22ClN3O2. The van der Waals surface area contributed by atoms with Crippen molar-refractivity contribution < 1.29 is 9.21 Å². The highest BCUT2D eigenvalue weighted by atomic mass is 35.5. The van der Waals surface area contributed by atoms with Crippen molar-refractivity contribution in [1.82, 2.24) is 15.5 Å². The van der Waals surface area contributed by atoms with Gasteiger partial charge in [0.05, 0.1) is 0 Å². The molecule has 6 heteroatoms. The Kier molecular flexibility index (Phi) is 7.07. The Hall–Kier alpha value is -1.88. The smallest absolute Gasteiger partial charge is 0.247 e. The number of carbonyl (C=O) groups is 1. The molecule has 0 radical (unpaired) electrons. The topological polar surface area (TPSA) is 68.0 Å². The molecule has 5 nitrogen and oxygen atoms in total. The van der Waals surface area contributed by atoms with Crippen LogP contribution in [0.5, 0.6) is 0 Å². The minimum atomic E-state index is 0.0211. The number of aryl methyl sites for hydroxylation is 1. The van der Waals surface area contributed by atoms with Gasteiger partial charge in [-0.2, -0.15) is 0 Å². The van der Waals surface area contributed by atoms with Gasteiger partial charge in [0.15, 0.2) is 0 Å². The number of halogens is 1. The van der Waals surface area contributed by atoms with Gasteiger partial charge in [-0.1, -0.05) is 37.8 Å². The van der Waals surface area contributed by atoms with E-state index in [4.69, 9.17) is 16.0 Å². The molecular weight excluding hydrogens is 314 g/mol. The van der Waals surface area contributed by atoms with Gasteiger partial charge in [0.2, 0.25) is 17.7 Å². The molecule has 0 spiro atoms. The van der Waals surface area contributed by atoms with Crippen LogP contribution in [0.15, 0.2) is 28.7 Å². The third kappa shape index (κ3) is 6.02. The molecule has 0 aliphatic carbocycles. The maximum atomic E-state index is 11.7. The molecule has 0 aliphatic heterocycles. The number of aromatic nitrogens is 2. The van der Waals surface area contributed by atoms with Crippen LogP contribution in [0.1, 0.15) is 44.9 Å². The molecule has 1 heterocycles. The second-order valence-corrected chi connectivity index (χ2v) is 5.85. The molecule has 2 aromatic rings. The van der Waals surface area contributed by atoms with E-state index < -0.39 is 0 Å². The van der Waals surface area contributed by atoms with Gasteiger partial charge in [-0.25, -0.2) is 0 Å². The number of hydrogen-bond donors (Lipinski definition) is 1. The second kappa shape index (κ2) is 9.30. The van der Waals surface area contributed by atoms with Crippen molar-refractivity contribution in [1.29, 1.82) is 0 Å². The van der Waals surface area contributed by atoms with Crippen molar-refractivity contribution in [2.24, 2.45) is 0 Å². The molecule has 0 fully saturated rings. The summed E-state index contributed by atoms with van der Waals surface area (Å²) in [6.07, 6.45) is 5.40. The van der Waals surface area contributed by atoms with Crippen LogP contribution in [-0.2, 0) is 11.2 Å². The van der Waals surface area contributed by atoms with E-state index in [0.29, 0.717) is 29.6 Å². The molecule has 0 atom stereocenters. The lowest BCUT2D eigenvalue weighted by Crippen LogP contribution is -2.24. The minimum Gasteiger partial charge on any atom is -0.421 e. The maximum absolute atomic E-state index is 11.7. The average molecular weight is 336 g/mol. The molecule has 124 valence electrons. The van der Waals surface area contributed by atoms with Crippen molar-refractivity contribution in [3.8, 4) is 11.5 Å². The summed E-state index contributed by atoms with van der Waals surface area (Å²) in [7, 11) is 0. The minimum absolute atomic E-state index is 0.0211. The summed E-state index contributed by atoms with van der Waals surface area (Å²) in [6.45, 7) is 2.90. The van der Waals surface area contributed by atoms with E-state index >= 15 is 0 Å². The predicted octanol–water partition coefficient (Wildman–Crippen LogP) is 4.02. The average Bonchev–Trinajstić information content (AvgIpc) is 3.02. The SMILES string of the molecule is CCCCCCNC(=O)CCc1nnc(-c2ccc(Cl)cc2)o1. The van der Waals surface area contributed by atoms with Crippen molar-refractivity contribution in [2.45, 2.75) is 45.4 Å². The van der Waals surface area contributed by atoms with Crippen molar-refractivity contribution >= 4 is 17.5 Å². The summed E-state index contributed by atoms with van der Waals surface area (Å²) in [4.78, 5) is 11.7. The Labute approximate surface area is 141 Å². The van der Waals surface area contributed by atoms with Crippen LogP contribution in [0.4, 0.5) is 0 Å². The standard InChI is InChI=1S/C17H22ClN3O2/c1-2-3-4-5-12-19-15(22)10-11-16-20-21-17(23-16)13-6-8-14(18)9-7-13/h6-9H,2-5,10-12H2,1H3,(H,19,22). The highest BCUT2D eigenvalue weighted by Crippen LogP contribution is 2.20. The Morgan fingerprint density at radius 2 is 1.96 bits per heavy atom. The fraction of sp³-hybridized carbons (Fsp3) is 0.471. The first-order valence-corrected chi connectivity index (χ1v) is 8.42. The summed E-state index contributed by atoms with van der Waals surface area (Å²) in [6, 6.07) is 7.19. The van der Waals surface area contributed by atoms with Crippen molar-refractivity contribution in [3.05, 3.63) is 35.2 Å². The normalized spacial score (nSPS) is 10.7. The zero-order chi connectivity index (χ0) is 16.5. The number of nitrogens with one attached hydrogen (secondary N) is 1. The summed E-state index contributed by atoms with van der Waals surface area (Å²) in [5.74, 6) is 0.931. The summed E-state index contributed by atoms with van der Waals surface area (Å²) in [5.41, 5.74) is 0.813. The van der Waals surface area contributed by atoms with Crippen molar-refractivity contribution in [2.75, 3.05) is 6.54 Å². The molecule has 0 aliphatic rings. The first-order chi connectivity index (χ1) is 11.2. The number of benzene rings is 1. The number of hydrogen-bond acceptors (Lipinski definition) is 4. The highest BCUT2D eigenvalue weighted by molar-refractivity contribution is 6.30. The molecule has 0 bridgehead atoms. The van der Waals surface area contributed by atoms with Gasteiger partial charge in [0, 0.05) is 30.0 Å². The molecule has 1 amide bonds. The zero-order valence-electron chi connectivity index (χ0n) is 13.3. The monoisotopic (exact) mass is 335 g/mol. The summed E-state index contributed by atoms with van der Waals surface area (Å²) >= 11 is 5.85. The van der Waals surface area contributed by atoms with E-state index in [0.717, 1.165) is 24.9 Å². The lowest BCUT2D eigenvalue weighted by Gasteiger charge is -2.03. The van der Waals surface area contributed by atoms with Crippen LogP contribution >= 0.6 is 11.6 Å². The Morgan fingerprint density at radius 1 is 1.17 bits per heavy atom. The second-order valence-electron chi connectivity index (χ2n) is 5.42. The van der Waals surface area contributed by atoms with Gasteiger partial charge in [0.25, 0.3) is 0 Å². The van der Waals surface area contributed by atoms with Crippen LogP contribution in [0, 0.1) is 0 Å². The van der Waals surface area contributed by atoms with E-state index in [2.05, 4.69) is 22.4 Å². The van der Waals surface area contributed by atoms with E-state index in [9.17, 15) is 4.79 Å². The predicted molar refractivity (Wildman–Crippen MR) is 90.2 cm³/mol. The molecule has 0 saturated heterocycles. The number of nitrogens with zero attached hydrogens (tertiary/aromatic N) is 2. The fourth-order valence-corrected chi connectivity index (χ4v) is 2.28. The first kappa shape index (κ1) is 17.5. The molecule has 0 unspecified atom stereocenters. The molecule has 23 heavy (non-hydrogen) atoms. The largest absolute Gasteiger partial charge is 0.421 e. The highest BCUT2D eigenvalue weighted by Gasteiger charge is 2.10. The molecule has 0 saturated carbocycles. The van der Waals surface area contributed by atoms with Gasteiger partial charge in [-0.05, 0) is 30.7 Å². The van der Waals surface area contributed by atoms with Crippen LogP contribution in [0.2, 0.25) is 5.02 Å². The lowest BCUT2D eigenvalue weighted by atomic mass is 10.2. The van der Waals surface area contributed by atoms with Gasteiger partial charge < -0.3 is 9.73 Å². The van der Waals surface area contributed by atoms with Gasteiger partial charge in [-0.15, -0.1) is 10.2 Å². The van der Waals surface area contributed by atoms with E-state index in [1.54, 1.807) is 12.1 Å². The molecule has 1 aromatic carbocycles. The first-order valence-electron chi connectivity index (χ1n) is 8.04. The van der Waals surface area contributed by atoms with Crippen LogP contribution in [0.3, 0.4) is 0 Å². The van der Waals surface area contributed by atoms with E-state index in [1.807, 2.05) is 12.1 Å². The third-order valence-electron chi connectivity index (χ3n) is 3.48. The third-order valence-corrected chi connectivity index (χ3v) is 3.73. The molecule has 1 N–H and O–H groups in total. The number of carbonyl (C=O) groups excluding carboxylic acids is 1. The molecule has 2 rings (SSSR count). The van der Waals surface area contributed by atoms with Crippen LogP contribution in [0.25, 0.3) is 11.5 Å². The van der Waals surface area contributed by atoms with E-state index in [1.165, 1.54) is 12.8 Å². The maximum Gasteiger partial charge on any atom is 0.247 e. The molecule has 1 aromatic heterocycles. The number of amides is 1. The summed E-state index contributed by atoms with van der Waals surface area (Å²) in [5, 5.41) is 11.5. The van der Waals surface area contributed by atoms with Crippen molar-refractivity contribution in [3.63, 3.8) is 0 Å². The Morgan fingerprint density at radius 3 is 2.70 bits per heavy atom. The van der Waals surface area contributed by atoms with Crippen LogP contribution < -0.4 is 5.32 Å². The fourth-order valence-electron chi connectivity index (χ4n) is 2.15. The Bertz CT molecular complexity index is 611. The van der Waals surface area contributed by atoms with Gasteiger partial charge in [0.1, 0.15) is 0 Å². The quantitative estimate of drug-likeness (QED) is 0.703. The van der Waals surface area contributed by atoms with E-state index in [-0.39, 0.29) is 5.91 Å². The zero-order valence-corrected chi connectivity index (χ0v) is 14.1. The number of unbranched alkanes of at least 4 members (excludes halogenated alkanes) is 3. The number of rotatable bonds is 9.